The molecular formula is C13H25N3O3S2. The summed E-state index contributed by atoms with van der Waals surface area (Å²) in [5, 5.41) is -0.290. The quantitative estimate of drug-likeness (QED) is 0.739. The second-order valence-corrected chi connectivity index (χ2v) is 8.82. The Balaban J connectivity index is 1.98. The first kappa shape index (κ1) is 17.1. The lowest BCUT2D eigenvalue weighted by atomic mass is 10.0. The van der Waals surface area contributed by atoms with Crippen LogP contribution in [0.3, 0.4) is 0 Å². The van der Waals surface area contributed by atoms with Crippen LogP contribution in [-0.4, -0.2) is 72.8 Å². The Morgan fingerprint density at radius 1 is 1.19 bits per heavy atom. The molecule has 0 bridgehead atoms. The van der Waals surface area contributed by atoms with Crippen molar-refractivity contribution in [1.82, 2.24) is 9.21 Å². The van der Waals surface area contributed by atoms with Crippen LogP contribution in [0, 0.1) is 0 Å². The molecule has 8 heteroatoms. The third-order valence-corrected chi connectivity index (χ3v) is 7.48. The summed E-state index contributed by atoms with van der Waals surface area (Å²) in [6, 6.07) is 0. The van der Waals surface area contributed by atoms with Crippen molar-refractivity contribution in [1.29, 1.82) is 0 Å². The van der Waals surface area contributed by atoms with E-state index in [1.54, 1.807) is 4.31 Å². The van der Waals surface area contributed by atoms with Gasteiger partial charge in [0.25, 0.3) is 0 Å². The molecule has 21 heavy (non-hydrogen) atoms. The molecule has 2 fully saturated rings. The highest BCUT2D eigenvalue weighted by atomic mass is 32.2. The summed E-state index contributed by atoms with van der Waals surface area (Å²) in [5.41, 5.74) is 5.41. The van der Waals surface area contributed by atoms with E-state index >= 15 is 0 Å². The van der Waals surface area contributed by atoms with Gasteiger partial charge in [-0.3, -0.25) is 4.90 Å². The van der Waals surface area contributed by atoms with E-state index in [1.807, 2.05) is 13.8 Å². The van der Waals surface area contributed by atoms with E-state index in [0.29, 0.717) is 57.2 Å². The number of hydrogen-bond donors (Lipinski definition) is 1. The van der Waals surface area contributed by atoms with Gasteiger partial charge < -0.3 is 10.5 Å². The average molecular weight is 335 g/mol. The molecule has 0 spiro atoms. The first-order valence-electron chi connectivity index (χ1n) is 7.38. The average Bonchev–Trinajstić information content (AvgIpc) is 2.48. The van der Waals surface area contributed by atoms with Gasteiger partial charge in [-0.25, -0.2) is 8.42 Å². The molecule has 0 atom stereocenters. The first-order chi connectivity index (χ1) is 9.76. The third-order valence-electron chi connectivity index (χ3n) is 4.58. The maximum absolute atomic E-state index is 12.6. The van der Waals surface area contributed by atoms with Crippen LogP contribution in [0.4, 0.5) is 0 Å². The number of piperazine rings is 1. The van der Waals surface area contributed by atoms with Crippen LogP contribution < -0.4 is 5.73 Å². The number of hydrogen-bond acceptors (Lipinski definition) is 5. The Morgan fingerprint density at radius 2 is 1.71 bits per heavy atom. The normalized spacial score (nSPS) is 24.1. The van der Waals surface area contributed by atoms with Crippen molar-refractivity contribution >= 4 is 27.2 Å². The molecule has 0 saturated carbocycles. The molecule has 0 unspecified atom stereocenters. The van der Waals surface area contributed by atoms with E-state index in [9.17, 15) is 8.42 Å². The van der Waals surface area contributed by atoms with E-state index in [0.717, 1.165) is 0 Å². The Morgan fingerprint density at radius 3 is 2.19 bits per heavy atom. The van der Waals surface area contributed by atoms with Gasteiger partial charge in [-0.05, 0) is 26.7 Å². The van der Waals surface area contributed by atoms with E-state index in [2.05, 4.69) is 4.90 Å². The lowest BCUT2D eigenvalue weighted by molar-refractivity contribution is 0.0942. The summed E-state index contributed by atoms with van der Waals surface area (Å²) in [6.07, 6.45) is 1.20. The highest BCUT2D eigenvalue weighted by Crippen LogP contribution is 2.23. The SMILES string of the molecule is CC(C)(C(N)=S)N1CCN(S(=O)(=O)C2CCOCC2)CC1. The molecule has 2 aliphatic rings. The van der Waals surface area contributed by atoms with E-state index in [-0.39, 0.29) is 10.8 Å². The van der Waals surface area contributed by atoms with Crippen molar-refractivity contribution in [3.63, 3.8) is 0 Å². The van der Waals surface area contributed by atoms with E-state index in [4.69, 9.17) is 22.7 Å². The molecule has 2 N–H and O–H groups in total. The predicted molar refractivity (Wildman–Crippen MR) is 86.8 cm³/mol. The minimum atomic E-state index is -3.21. The number of ether oxygens (including phenoxy) is 1. The minimum Gasteiger partial charge on any atom is -0.392 e. The van der Waals surface area contributed by atoms with Crippen molar-refractivity contribution in [3.8, 4) is 0 Å². The standard InChI is InChI=1S/C13H25N3O3S2/c1-13(2,12(14)20)15-5-7-16(8-6-15)21(17,18)11-3-9-19-10-4-11/h11H,3-10H2,1-2H3,(H2,14,20). The van der Waals surface area contributed by atoms with Crippen LogP contribution in [0.1, 0.15) is 26.7 Å². The zero-order valence-electron chi connectivity index (χ0n) is 12.7. The lowest BCUT2D eigenvalue weighted by Gasteiger charge is -2.43. The molecule has 2 aliphatic heterocycles. The molecule has 0 aromatic carbocycles. The second-order valence-electron chi connectivity index (χ2n) is 6.17. The third kappa shape index (κ3) is 3.56. The van der Waals surface area contributed by atoms with Gasteiger partial charge >= 0.3 is 0 Å². The van der Waals surface area contributed by atoms with Crippen molar-refractivity contribution < 1.29 is 13.2 Å². The van der Waals surface area contributed by atoms with Crippen LogP contribution in [0.25, 0.3) is 0 Å². The first-order valence-corrected chi connectivity index (χ1v) is 9.29. The van der Waals surface area contributed by atoms with Gasteiger partial charge in [-0.1, -0.05) is 12.2 Å². The molecule has 6 nitrogen and oxygen atoms in total. The van der Waals surface area contributed by atoms with Crippen LogP contribution in [0.2, 0.25) is 0 Å². The van der Waals surface area contributed by atoms with Crippen LogP contribution in [0.15, 0.2) is 0 Å². The van der Waals surface area contributed by atoms with Gasteiger partial charge in [0.2, 0.25) is 10.0 Å². The largest absolute Gasteiger partial charge is 0.392 e. The number of sulfonamides is 1. The molecule has 0 aromatic rings. The topological polar surface area (TPSA) is 75.9 Å². The van der Waals surface area contributed by atoms with Crippen molar-refractivity contribution in [2.24, 2.45) is 5.73 Å². The molecule has 122 valence electrons. The molecule has 0 radical (unpaired) electrons. The molecule has 2 rings (SSSR count). The summed E-state index contributed by atoms with van der Waals surface area (Å²) in [6.45, 7) is 7.38. The van der Waals surface area contributed by atoms with Crippen LogP contribution >= 0.6 is 12.2 Å². The zero-order chi connectivity index (χ0) is 15.7. The van der Waals surface area contributed by atoms with E-state index in [1.165, 1.54) is 0 Å². The van der Waals surface area contributed by atoms with Gasteiger partial charge in [0.05, 0.1) is 15.8 Å². The number of nitrogens with two attached hydrogens (primary N) is 1. The fourth-order valence-electron chi connectivity index (χ4n) is 2.84. The monoisotopic (exact) mass is 335 g/mol. The summed E-state index contributed by atoms with van der Waals surface area (Å²) >= 11 is 5.11. The highest BCUT2D eigenvalue weighted by molar-refractivity contribution is 7.89. The second kappa shape index (κ2) is 6.45. The zero-order valence-corrected chi connectivity index (χ0v) is 14.4. The molecule has 0 aliphatic carbocycles. The predicted octanol–water partition coefficient (Wildman–Crippen LogP) is 0.178. The van der Waals surface area contributed by atoms with Gasteiger partial charge in [-0.2, -0.15) is 4.31 Å². The minimum absolute atomic E-state index is 0.290. The molecule has 2 heterocycles. The number of thiocarbonyl (C=S) groups is 1. The highest BCUT2D eigenvalue weighted by Gasteiger charge is 2.38. The van der Waals surface area contributed by atoms with Gasteiger partial charge in [0, 0.05) is 39.4 Å². The summed E-state index contributed by atoms with van der Waals surface area (Å²) in [7, 11) is -3.21. The molecular weight excluding hydrogens is 310 g/mol. The number of rotatable bonds is 4. The fourth-order valence-corrected chi connectivity index (χ4v) is 4.85. The van der Waals surface area contributed by atoms with Crippen LogP contribution in [-0.2, 0) is 14.8 Å². The molecule has 2 saturated heterocycles. The summed E-state index contributed by atoms with van der Waals surface area (Å²) in [5.74, 6) is 0. The lowest BCUT2D eigenvalue weighted by Crippen LogP contribution is -2.60. The number of nitrogens with zero attached hydrogens (tertiary/aromatic N) is 2. The Labute approximate surface area is 132 Å². The molecule has 0 amide bonds. The Kier molecular flexibility index (Phi) is 5.25. The summed E-state index contributed by atoms with van der Waals surface area (Å²) < 4.78 is 32.1. The van der Waals surface area contributed by atoms with Gasteiger partial charge in [0.15, 0.2) is 0 Å². The maximum atomic E-state index is 12.6. The van der Waals surface area contributed by atoms with Gasteiger partial charge in [0.1, 0.15) is 0 Å². The molecule has 0 aromatic heterocycles. The van der Waals surface area contributed by atoms with E-state index < -0.39 is 10.0 Å². The smallest absolute Gasteiger partial charge is 0.217 e. The maximum Gasteiger partial charge on any atom is 0.217 e. The summed E-state index contributed by atoms with van der Waals surface area (Å²) in [4.78, 5) is 2.61. The van der Waals surface area contributed by atoms with Gasteiger partial charge in [-0.15, -0.1) is 0 Å². The Bertz CT molecular complexity index is 479. The van der Waals surface area contributed by atoms with Crippen LogP contribution in [0.5, 0.6) is 0 Å². The van der Waals surface area contributed by atoms with Crippen molar-refractivity contribution in [2.45, 2.75) is 37.5 Å². The van der Waals surface area contributed by atoms with Crippen molar-refractivity contribution in [3.05, 3.63) is 0 Å². The fraction of sp³-hybridized carbons (Fsp3) is 0.923. The Hall–Kier alpha value is -0.280. The van der Waals surface area contributed by atoms with Crippen molar-refractivity contribution in [2.75, 3.05) is 39.4 Å².